The zero-order valence-electron chi connectivity index (χ0n) is 12.1. The van der Waals surface area contributed by atoms with Gasteiger partial charge in [0, 0.05) is 18.0 Å². The molecule has 1 amide bonds. The second-order valence-corrected chi connectivity index (χ2v) is 5.94. The van der Waals surface area contributed by atoms with Gasteiger partial charge in [-0.25, -0.2) is 0 Å². The Morgan fingerprint density at radius 1 is 0.870 bits per heavy atom. The summed E-state index contributed by atoms with van der Waals surface area (Å²) in [5.41, 5.74) is 2.09. The van der Waals surface area contributed by atoms with Gasteiger partial charge in [-0.05, 0) is 11.6 Å². The van der Waals surface area contributed by atoms with Crippen LogP contribution in [-0.2, 0) is 14.8 Å². The first kappa shape index (κ1) is 15.1. The number of aromatic nitrogens is 1. The highest BCUT2D eigenvalue weighted by molar-refractivity contribution is 7.75. The molecule has 0 N–H and O–H groups in total. The molecule has 0 saturated carbocycles. The summed E-state index contributed by atoms with van der Waals surface area (Å²) < 4.78 is 15.8. The quantitative estimate of drug-likeness (QED) is 0.683. The van der Waals surface area contributed by atoms with Crippen molar-refractivity contribution in [3.05, 3.63) is 84.7 Å². The lowest BCUT2D eigenvalue weighted by Gasteiger charge is -2.06. The van der Waals surface area contributed by atoms with Crippen molar-refractivity contribution in [3.63, 3.8) is 0 Å². The molecule has 0 unspecified atom stereocenters. The molecule has 0 aliphatic rings. The molecule has 3 aromatic rings. The van der Waals surface area contributed by atoms with E-state index >= 15 is 0 Å². The SMILES string of the molecule is O=C(N=[S-](=O)c1ccccc1)c1cncc(-c2ccccc2)c1. The van der Waals surface area contributed by atoms with Gasteiger partial charge in [0.2, 0.25) is 0 Å². The zero-order valence-corrected chi connectivity index (χ0v) is 12.9. The van der Waals surface area contributed by atoms with Gasteiger partial charge in [-0.2, -0.15) is 10.6 Å². The molecule has 0 spiro atoms. The number of amides is 1. The van der Waals surface area contributed by atoms with Gasteiger partial charge in [-0.1, -0.05) is 65.6 Å². The van der Waals surface area contributed by atoms with Crippen molar-refractivity contribution in [2.75, 3.05) is 0 Å². The number of carbonyl (C=O) groups excluding carboxylic acids is 1. The first-order valence-electron chi connectivity index (χ1n) is 6.97. The molecule has 2 aromatic carbocycles. The predicted molar refractivity (Wildman–Crippen MR) is 89.2 cm³/mol. The molecule has 1 heterocycles. The van der Waals surface area contributed by atoms with E-state index in [2.05, 4.69) is 9.35 Å². The maximum atomic E-state index is 12.2. The summed E-state index contributed by atoms with van der Waals surface area (Å²) in [6, 6.07) is 20.0. The highest BCUT2D eigenvalue weighted by atomic mass is 32.2. The molecule has 1 aromatic heterocycles. The molecule has 5 heteroatoms. The molecule has 0 aliphatic heterocycles. The summed E-state index contributed by atoms with van der Waals surface area (Å²) in [6.45, 7) is 0. The van der Waals surface area contributed by atoms with Crippen LogP contribution in [0.3, 0.4) is 0 Å². The molecular weight excluding hydrogens is 308 g/mol. The third kappa shape index (κ3) is 3.70. The Morgan fingerprint density at radius 2 is 1.52 bits per heavy atom. The monoisotopic (exact) mass is 321 g/mol. The normalized spacial score (nSPS) is 12.0. The summed E-state index contributed by atoms with van der Waals surface area (Å²) in [5.74, 6) is -0.544. The molecule has 3 rings (SSSR count). The third-order valence-electron chi connectivity index (χ3n) is 3.20. The number of carbonyl (C=O) groups is 1. The Balaban J connectivity index is 1.90. The van der Waals surface area contributed by atoms with Gasteiger partial charge in [0.1, 0.15) is 0 Å². The number of nitrogens with zero attached hydrogens (tertiary/aromatic N) is 2. The van der Waals surface area contributed by atoms with Crippen LogP contribution in [-0.4, -0.2) is 10.9 Å². The maximum Gasteiger partial charge on any atom is 0.255 e. The van der Waals surface area contributed by atoms with Crippen LogP contribution in [0.25, 0.3) is 11.1 Å². The van der Waals surface area contributed by atoms with Crippen molar-refractivity contribution < 1.29 is 9.00 Å². The molecule has 0 saturated heterocycles. The lowest BCUT2D eigenvalue weighted by molar-refractivity contribution is 0.100. The number of hydrogen-bond acceptors (Lipinski definition) is 4. The van der Waals surface area contributed by atoms with Crippen LogP contribution >= 0.6 is 0 Å². The van der Waals surface area contributed by atoms with Crippen molar-refractivity contribution >= 4 is 16.5 Å². The van der Waals surface area contributed by atoms with E-state index in [-0.39, 0.29) is 0 Å². The predicted octanol–water partition coefficient (Wildman–Crippen LogP) is 4.10. The highest BCUT2D eigenvalue weighted by Crippen LogP contribution is 2.19. The van der Waals surface area contributed by atoms with E-state index < -0.39 is 16.5 Å². The molecular formula is C18H13N2O2S-. The first-order valence-corrected chi connectivity index (χ1v) is 8.08. The van der Waals surface area contributed by atoms with Crippen molar-refractivity contribution in [2.24, 2.45) is 4.36 Å². The van der Waals surface area contributed by atoms with E-state index in [1.807, 2.05) is 36.4 Å². The fraction of sp³-hybridized carbons (Fsp3) is 0. The van der Waals surface area contributed by atoms with Gasteiger partial charge in [0.05, 0.1) is 5.56 Å². The van der Waals surface area contributed by atoms with Crippen molar-refractivity contribution in [1.82, 2.24) is 4.98 Å². The number of benzene rings is 2. The summed E-state index contributed by atoms with van der Waals surface area (Å²) in [6.07, 6.45) is 3.11. The van der Waals surface area contributed by atoms with E-state index in [4.69, 9.17) is 0 Å². The summed E-state index contributed by atoms with van der Waals surface area (Å²) in [5, 5.41) is 0. The van der Waals surface area contributed by atoms with Crippen LogP contribution in [0.2, 0.25) is 0 Å². The second-order valence-electron chi connectivity index (χ2n) is 4.79. The molecule has 0 bridgehead atoms. The van der Waals surface area contributed by atoms with Gasteiger partial charge >= 0.3 is 0 Å². The topological polar surface area (TPSA) is 59.4 Å². The van der Waals surface area contributed by atoms with Gasteiger partial charge in [-0.15, -0.1) is 0 Å². The summed E-state index contributed by atoms with van der Waals surface area (Å²) in [4.78, 5) is 16.8. The highest BCUT2D eigenvalue weighted by Gasteiger charge is 2.05. The lowest BCUT2D eigenvalue weighted by atomic mass is 10.1. The van der Waals surface area contributed by atoms with Crippen LogP contribution < -0.4 is 0 Å². The van der Waals surface area contributed by atoms with Gasteiger partial charge in [0.15, 0.2) is 0 Å². The Bertz CT molecular complexity index is 903. The zero-order chi connectivity index (χ0) is 16.1. The smallest absolute Gasteiger partial charge is 0.255 e. The molecule has 114 valence electrons. The first-order chi connectivity index (χ1) is 11.2. The Morgan fingerprint density at radius 3 is 2.22 bits per heavy atom. The molecule has 0 fully saturated rings. The van der Waals surface area contributed by atoms with Crippen LogP contribution in [0.15, 0.2) is 88.4 Å². The molecule has 0 aliphatic carbocycles. The molecule has 23 heavy (non-hydrogen) atoms. The minimum atomic E-state index is -1.72. The van der Waals surface area contributed by atoms with Crippen LogP contribution in [0.4, 0.5) is 0 Å². The Labute approximate surface area is 136 Å². The largest absolute Gasteiger partial charge is 0.440 e. The van der Waals surface area contributed by atoms with E-state index in [1.165, 1.54) is 6.20 Å². The van der Waals surface area contributed by atoms with Crippen molar-refractivity contribution in [2.45, 2.75) is 4.90 Å². The van der Waals surface area contributed by atoms with E-state index in [1.54, 1.807) is 36.5 Å². The minimum Gasteiger partial charge on any atom is -0.440 e. The number of rotatable bonds is 3. The number of pyridine rings is 1. The molecule has 0 radical (unpaired) electrons. The molecule has 0 atom stereocenters. The summed E-state index contributed by atoms with van der Waals surface area (Å²) in [7, 11) is -1.72. The Hall–Kier alpha value is -2.79. The Kier molecular flexibility index (Phi) is 4.59. The lowest BCUT2D eigenvalue weighted by Crippen LogP contribution is -1.97. The average Bonchev–Trinajstić information content (AvgIpc) is 2.63. The van der Waals surface area contributed by atoms with E-state index in [0.29, 0.717) is 10.5 Å². The van der Waals surface area contributed by atoms with Crippen LogP contribution in [0.5, 0.6) is 0 Å². The minimum absolute atomic E-state index is 0.315. The van der Waals surface area contributed by atoms with Gasteiger partial charge < -0.3 is 8.57 Å². The van der Waals surface area contributed by atoms with Gasteiger partial charge in [0.25, 0.3) is 5.91 Å². The average molecular weight is 321 g/mol. The van der Waals surface area contributed by atoms with E-state index in [9.17, 15) is 9.00 Å². The van der Waals surface area contributed by atoms with Crippen LogP contribution in [0.1, 0.15) is 10.4 Å². The maximum absolute atomic E-state index is 12.2. The fourth-order valence-corrected chi connectivity index (χ4v) is 2.81. The van der Waals surface area contributed by atoms with E-state index in [0.717, 1.165) is 11.1 Å². The molecule has 4 nitrogen and oxygen atoms in total. The summed E-state index contributed by atoms with van der Waals surface area (Å²) >= 11 is 0. The van der Waals surface area contributed by atoms with Crippen molar-refractivity contribution in [1.29, 1.82) is 0 Å². The van der Waals surface area contributed by atoms with Crippen molar-refractivity contribution in [3.8, 4) is 11.1 Å². The standard InChI is InChI=1S/C18H13N2O2S/c21-18(20-23(22)17-9-5-2-6-10-17)16-11-15(12-19-13-16)14-7-3-1-4-8-14/h1-13H/q-1. The van der Waals surface area contributed by atoms with Gasteiger partial charge in [-0.3, -0.25) is 9.78 Å². The third-order valence-corrected chi connectivity index (χ3v) is 4.21. The second kappa shape index (κ2) is 6.98. The number of hydrogen-bond donors (Lipinski definition) is 0. The fourth-order valence-electron chi connectivity index (χ4n) is 2.06. The van der Waals surface area contributed by atoms with Crippen LogP contribution in [0, 0.1) is 0 Å².